The van der Waals surface area contributed by atoms with Crippen LogP contribution >= 0.6 is 11.6 Å². The van der Waals surface area contributed by atoms with Crippen LogP contribution in [0.4, 0.5) is 0 Å². The molecule has 0 N–H and O–H groups in total. The van der Waals surface area contributed by atoms with Gasteiger partial charge in [0.05, 0.1) is 0 Å². The molecule has 2 nitrogen and oxygen atoms in total. The summed E-state index contributed by atoms with van der Waals surface area (Å²) in [6.45, 7) is 3.69. The van der Waals surface area contributed by atoms with Gasteiger partial charge in [-0.1, -0.05) is 12.8 Å². The Morgan fingerprint density at radius 2 is 1.79 bits per heavy atom. The molecule has 0 radical (unpaired) electrons. The van der Waals surface area contributed by atoms with Crippen molar-refractivity contribution in [1.82, 2.24) is 4.90 Å². The largest absolute Gasteiger partial charge is 0.341 e. The molecular weight excluding hydrogens is 198 g/mol. The highest BCUT2D eigenvalue weighted by Crippen LogP contribution is 2.36. The standard InChI is InChI=1S/C11H18ClNO/c1-8(12)11(14)13-6-9-4-2-3-5-10(9)7-13/h8-10H,2-7H2,1H3. The molecule has 1 aliphatic heterocycles. The molecule has 14 heavy (non-hydrogen) atoms. The minimum Gasteiger partial charge on any atom is -0.341 e. The van der Waals surface area contributed by atoms with Crippen molar-refractivity contribution < 1.29 is 4.79 Å². The second-order valence-electron chi connectivity index (χ2n) is 4.66. The molecule has 2 rings (SSSR count). The highest BCUT2D eigenvalue weighted by Gasteiger charge is 2.37. The van der Waals surface area contributed by atoms with E-state index in [0.29, 0.717) is 0 Å². The Morgan fingerprint density at radius 3 is 2.21 bits per heavy atom. The van der Waals surface area contributed by atoms with Gasteiger partial charge in [-0.25, -0.2) is 0 Å². The maximum absolute atomic E-state index is 11.7. The van der Waals surface area contributed by atoms with Crippen molar-refractivity contribution in [2.24, 2.45) is 11.8 Å². The van der Waals surface area contributed by atoms with E-state index < -0.39 is 0 Å². The van der Waals surface area contributed by atoms with Gasteiger partial charge in [-0.15, -0.1) is 11.6 Å². The first-order chi connectivity index (χ1) is 6.68. The van der Waals surface area contributed by atoms with E-state index in [2.05, 4.69) is 0 Å². The molecule has 3 unspecified atom stereocenters. The van der Waals surface area contributed by atoms with Gasteiger partial charge in [0.2, 0.25) is 5.91 Å². The van der Waals surface area contributed by atoms with Crippen LogP contribution in [0.15, 0.2) is 0 Å². The number of amides is 1. The fraction of sp³-hybridized carbons (Fsp3) is 0.909. The first kappa shape index (κ1) is 10.3. The number of carbonyl (C=O) groups excluding carboxylic acids is 1. The summed E-state index contributed by atoms with van der Waals surface area (Å²) in [6, 6.07) is 0. The Kier molecular flexibility index (Phi) is 3.01. The molecule has 1 saturated carbocycles. The zero-order valence-corrected chi connectivity index (χ0v) is 9.46. The van der Waals surface area contributed by atoms with Crippen molar-refractivity contribution in [3.8, 4) is 0 Å². The van der Waals surface area contributed by atoms with Crippen LogP contribution in [0.1, 0.15) is 32.6 Å². The average Bonchev–Trinajstić information content (AvgIpc) is 2.59. The van der Waals surface area contributed by atoms with Gasteiger partial charge < -0.3 is 4.90 Å². The zero-order valence-electron chi connectivity index (χ0n) is 8.71. The summed E-state index contributed by atoms with van der Waals surface area (Å²) in [5.74, 6) is 1.66. The fourth-order valence-corrected chi connectivity index (χ4v) is 2.98. The molecule has 1 aliphatic carbocycles. The van der Waals surface area contributed by atoms with Crippen molar-refractivity contribution in [3.05, 3.63) is 0 Å². The monoisotopic (exact) mass is 215 g/mol. The zero-order chi connectivity index (χ0) is 10.1. The van der Waals surface area contributed by atoms with E-state index in [1.807, 2.05) is 4.90 Å². The summed E-state index contributed by atoms with van der Waals surface area (Å²) < 4.78 is 0. The number of halogens is 1. The number of rotatable bonds is 1. The topological polar surface area (TPSA) is 20.3 Å². The van der Waals surface area contributed by atoms with Crippen molar-refractivity contribution in [3.63, 3.8) is 0 Å². The van der Waals surface area contributed by atoms with E-state index in [1.165, 1.54) is 25.7 Å². The van der Waals surface area contributed by atoms with Crippen LogP contribution in [0.3, 0.4) is 0 Å². The Balaban J connectivity index is 1.95. The van der Waals surface area contributed by atoms with Crippen LogP contribution in [0.25, 0.3) is 0 Å². The normalized spacial score (nSPS) is 34.0. The van der Waals surface area contributed by atoms with Crippen LogP contribution in [0.2, 0.25) is 0 Å². The minimum absolute atomic E-state index is 0.126. The predicted molar refractivity (Wildman–Crippen MR) is 57.3 cm³/mol. The predicted octanol–water partition coefficient (Wildman–Crippen LogP) is 2.26. The van der Waals surface area contributed by atoms with E-state index in [9.17, 15) is 4.79 Å². The van der Waals surface area contributed by atoms with Gasteiger partial charge in [0.25, 0.3) is 0 Å². The Bertz CT molecular complexity index is 215. The van der Waals surface area contributed by atoms with Crippen LogP contribution in [0, 0.1) is 11.8 Å². The summed E-state index contributed by atoms with van der Waals surface area (Å²) in [5.41, 5.74) is 0. The molecule has 1 heterocycles. The van der Waals surface area contributed by atoms with Crippen molar-refractivity contribution in [2.75, 3.05) is 13.1 Å². The lowest BCUT2D eigenvalue weighted by molar-refractivity contribution is -0.129. The molecule has 80 valence electrons. The molecule has 3 atom stereocenters. The lowest BCUT2D eigenvalue weighted by Gasteiger charge is -2.22. The van der Waals surface area contributed by atoms with Gasteiger partial charge in [0.1, 0.15) is 5.38 Å². The number of alkyl halides is 1. The van der Waals surface area contributed by atoms with Gasteiger partial charge >= 0.3 is 0 Å². The number of nitrogens with zero attached hydrogens (tertiary/aromatic N) is 1. The molecule has 0 spiro atoms. The average molecular weight is 216 g/mol. The molecule has 1 saturated heterocycles. The Morgan fingerprint density at radius 1 is 1.29 bits per heavy atom. The van der Waals surface area contributed by atoms with Gasteiger partial charge in [-0.2, -0.15) is 0 Å². The first-order valence-electron chi connectivity index (χ1n) is 5.61. The smallest absolute Gasteiger partial charge is 0.240 e. The number of likely N-dealkylation sites (tertiary alicyclic amines) is 1. The third kappa shape index (κ3) is 1.90. The lowest BCUT2D eigenvalue weighted by atomic mass is 9.82. The number of hydrogen-bond donors (Lipinski definition) is 0. The quantitative estimate of drug-likeness (QED) is 0.615. The van der Waals surface area contributed by atoms with Gasteiger partial charge in [-0.05, 0) is 31.6 Å². The number of fused-ring (bicyclic) bond motifs is 1. The summed E-state index contributed by atoms with van der Waals surface area (Å²) in [5, 5.41) is -0.352. The van der Waals surface area contributed by atoms with E-state index in [0.717, 1.165) is 24.9 Å². The number of carbonyl (C=O) groups is 1. The summed E-state index contributed by atoms with van der Waals surface area (Å²) in [6.07, 6.45) is 5.31. The van der Waals surface area contributed by atoms with E-state index >= 15 is 0 Å². The molecule has 0 aromatic carbocycles. The molecule has 0 bridgehead atoms. The number of hydrogen-bond acceptors (Lipinski definition) is 1. The van der Waals surface area contributed by atoms with Gasteiger partial charge in [0, 0.05) is 13.1 Å². The molecule has 3 heteroatoms. The highest BCUT2D eigenvalue weighted by molar-refractivity contribution is 6.30. The van der Waals surface area contributed by atoms with Crippen LogP contribution in [-0.4, -0.2) is 29.3 Å². The summed E-state index contributed by atoms with van der Waals surface area (Å²) in [4.78, 5) is 13.7. The minimum atomic E-state index is -0.352. The van der Waals surface area contributed by atoms with Gasteiger partial charge in [-0.3, -0.25) is 4.79 Å². The van der Waals surface area contributed by atoms with Crippen molar-refractivity contribution in [2.45, 2.75) is 38.0 Å². The fourth-order valence-electron chi connectivity index (χ4n) is 2.84. The Hall–Kier alpha value is -0.240. The van der Waals surface area contributed by atoms with Gasteiger partial charge in [0.15, 0.2) is 0 Å². The molecule has 1 amide bonds. The molecule has 0 aromatic heterocycles. The van der Waals surface area contributed by atoms with Crippen LogP contribution < -0.4 is 0 Å². The maximum atomic E-state index is 11.7. The first-order valence-corrected chi connectivity index (χ1v) is 6.05. The van der Waals surface area contributed by atoms with Crippen molar-refractivity contribution >= 4 is 17.5 Å². The highest BCUT2D eigenvalue weighted by atomic mass is 35.5. The third-order valence-electron chi connectivity index (χ3n) is 3.63. The summed E-state index contributed by atoms with van der Waals surface area (Å²) >= 11 is 5.81. The third-order valence-corrected chi connectivity index (χ3v) is 3.81. The molecular formula is C11H18ClNO. The van der Waals surface area contributed by atoms with Crippen LogP contribution in [-0.2, 0) is 4.79 Å². The Labute approximate surface area is 90.6 Å². The van der Waals surface area contributed by atoms with Crippen molar-refractivity contribution in [1.29, 1.82) is 0 Å². The summed E-state index contributed by atoms with van der Waals surface area (Å²) in [7, 11) is 0. The lowest BCUT2D eigenvalue weighted by Crippen LogP contribution is -2.34. The van der Waals surface area contributed by atoms with Crippen LogP contribution in [0.5, 0.6) is 0 Å². The molecule has 2 fully saturated rings. The maximum Gasteiger partial charge on any atom is 0.240 e. The SMILES string of the molecule is CC(Cl)C(=O)N1CC2CCCCC2C1. The van der Waals surface area contributed by atoms with E-state index in [-0.39, 0.29) is 11.3 Å². The second-order valence-corrected chi connectivity index (χ2v) is 5.32. The van der Waals surface area contributed by atoms with E-state index in [4.69, 9.17) is 11.6 Å². The second kappa shape index (κ2) is 4.09. The van der Waals surface area contributed by atoms with E-state index in [1.54, 1.807) is 6.92 Å². The molecule has 0 aromatic rings. The molecule has 2 aliphatic rings.